The fourth-order valence-corrected chi connectivity index (χ4v) is 4.03. The van der Waals surface area contributed by atoms with Crippen molar-refractivity contribution in [2.45, 2.75) is 13.0 Å². The molecule has 5 rings (SSSR count). The number of para-hydroxylation sites is 2. The highest BCUT2D eigenvalue weighted by Gasteiger charge is 2.19. The van der Waals surface area contributed by atoms with Crippen LogP contribution in [0.3, 0.4) is 0 Å². The summed E-state index contributed by atoms with van der Waals surface area (Å²) in [4.78, 5) is 14.0. The van der Waals surface area contributed by atoms with Gasteiger partial charge in [0.05, 0.1) is 24.6 Å². The number of morpholine rings is 1. The molecule has 3 heterocycles. The van der Waals surface area contributed by atoms with Crippen molar-refractivity contribution in [2.75, 3.05) is 48.0 Å². The second kappa shape index (κ2) is 8.09. The number of benzene rings is 2. The third-order valence-corrected chi connectivity index (χ3v) is 5.57. The zero-order chi connectivity index (χ0) is 19.5. The Kier molecular flexibility index (Phi) is 5.01. The van der Waals surface area contributed by atoms with E-state index in [-0.39, 0.29) is 0 Å². The largest absolute Gasteiger partial charge is 0.378 e. The van der Waals surface area contributed by atoms with E-state index in [2.05, 4.69) is 68.6 Å². The van der Waals surface area contributed by atoms with Gasteiger partial charge in [-0.25, -0.2) is 4.98 Å². The molecule has 1 fully saturated rings. The maximum atomic E-state index is 5.50. The van der Waals surface area contributed by atoms with Crippen molar-refractivity contribution in [3.05, 3.63) is 71.9 Å². The van der Waals surface area contributed by atoms with Crippen LogP contribution in [0, 0.1) is 0 Å². The number of rotatable bonds is 4. The quantitative estimate of drug-likeness (QED) is 0.738. The number of hydrogen-bond acceptors (Lipinski definition) is 6. The summed E-state index contributed by atoms with van der Waals surface area (Å²) in [6.45, 7) is 5.13. The van der Waals surface area contributed by atoms with Gasteiger partial charge in [0.15, 0.2) is 0 Å². The van der Waals surface area contributed by atoms with Gasteiger partial charge in [-0.1, -0.05) is 36.4 Å². The van der Waals surface area contributed by atoms with Gasteiger partial charge in [-0.05, 0) is 35.7 Å². The Morgan fingerprint density at radius 1 is 0.828 bits per heavy atom. The molecule has 29 heavy (non-hydrogen) atoms. The number of nitrogens with one attached hydrogen (secondary N) is 1. The van der Waals surface area contributed by atoms with Crippen molar-refractivity contribution in [1.29, 1.82) is 0 Å². The standard InChI is InChI=1S/C23H25N5O/c1-2-6-19-17-28(12-10-18(19)5-1)23-24-11-9-22(26-23)25-20-7-3-4-8-21(20)27-13-15-29-16-14-27/h1-9,11H,10,12-17H2,(H,24,25,26). The second-order valence-corrected chi connectivity index (χ2v) is 7.42. The van der Waals surface area contributed by atoms with E-state index in [0.29, 0.717) is 0 Å². The van der Waals surface area contributed by atoms with Crippen molar-refractivity contribution in [1.82, 2.24) is 9.97 Å². The number of anilines is 4. The van der Waals surface area contributed by atoms with Crippen molar-refractivity contribution in [3.63, 3.8) is 0 Å². The number of nitrogens with zero attached hydrogens (tertiary/aromatic N) is 4. The molecule has 0 saturated carbocycles. The molecular formula is C23H25N5O. The first-order valence-electron chi connectivity index (χ1n) is 10.2. The number of ether oxygens (including phenoxy) is 1. The molecule has 2 aliphatic heterocycles. The van der Waals surface area contributed by atoms with Crippen LogP contribution in [-0.4, -0.2) is 42.8 Å². The predicted octanol–water partition coefficient (Wildman–Crippen LogP) is 3.62. The molecule has 1 saturated heterocycles. The average Bonchev–Trinajstić information content (AvgIpc) is 2.80. The van der Waals surface area contributed by atoms with Crippen molar-refractivity contribution >= 4 is 23.1 Å². The van der Waals surface area contributed by atoms with Gasteiger partial charge in [0, 0.05) is 32.4 Å². The van der Waals surface area contributed by atoms with Crippen molar-refractivity contribution in [2.24, 2.45) is 0 Å². The zero-order valence-electron chi connectivity index (χ0n) is 16.4. The molecule has 0 spiro atoms. The SMILES string of the molecule is c1ccc2c(c1)CCN(c1nccc(Nc3ccccc3N3CCOCC3)n1)C2. The van der Waals surface area contributed by atoms with E-state index < -0.39 is 0 Å². The molecule has 148 valence electrons. The van der Waals surface area contributed by atoms with Crippen LogP contribution in [-0.2, 0) is 17.7 Å². The van der Waals surface area contributed by atoms with Gasteiger partial charge in [-0.3, -0.25) is 0 Å². The molecule has 3 aromatic rings. The second-order valence-electron chi connectivity index (χ2n) is 7.42. The summed E-state index contributed by atoms with van der Waals surface area (Å²) in [5.41, 5.74) is 5.03. The van der Waals surface area contributed by atoms with Crippen LogP contribution in [0.5, 0.6) is 0 Å². The summed E-state index contributed by atoms with van der Waals surface area (Å²) >= 11 is 0. The average molecular weight is 387 g/mol. The van der Waals surface area contributed by atoms with E-state index in [0.717, 1.165) is 63.3 Å². The van der Waals surface area contributed by atoms with E-state index in [1.165, 1.54) is 16.8 Å². The fourth-order valence-electron chi connectivity index (χ4n) is 4.03. The van der Waals surface area contributed by atoms with Crippen LogP contribution in [0.4, 0.5) is 23.1 Å². The summed E-state index contributed by atoms with van der Waals surface area (Å²) in [6, 6.07) is 18.9. The molecule has 6 nitrogen and oxygen atoms in total. The maximum Gasteiger partial charge on any atom is 0.227 e. The first kappa shape index (κ1) is 17.9. The Labute approximate surface area is 171 Å². The topological polar surface area (TPSA) is 53.5 Å². The van der Waals surface area contributed by atoms with E-state index in [4.69, 9.17) is 9.72 Å². The van der Waals surface area contributed by atoms with Crippen LogP contribution in [0.25, 0.3) is 0 Å². The van der Waals surface area contributed by atoms with Crippen LogP contribution in [0.1, 0.15) is 11.1 Å². The first-order valence-corrected chi connectivity index (χ1v) is 10.2. The lowest BCUT2D eigenvalue weighted by Gasteiger charge is -2.31. The van der Waals surface area contributed by atoms with E-state index >= 15 is 0 Å². The van der Waals surface area contributed by atoms with Crippen molar-refractivity contribution < 1.29 is 4.74 Å². The predicted molar refractivity (Wildman–Crippen MR) is 116 cm³/mol. The first-order chi connectivity index (χ1) is 14.4. The van der Waals surface area contributed by atoms with Crippen LogP contribution >= 0.6 is 0 Å². The lowest BCUT2D eigenvalue weighted by atomic mass is 10.0. The minimum Gasteiger partial charge on any atom is -0.378 e. The normalized spacial score (nSPS) is 16.4. The Balaban J connectivity index is 1.36. The Morgan fingerprint density at radius 2 is 1.62 bits per heavy atom. The Bertz CT molecular complexity index is 986. The molecule has 0 bridgehead atoms. The highest BCUT2D eigenvalue weighted by Crippen LogP contribution is 2.29. The highest BCUT2D eigenvalue weighted by atomic mass is 16.5. The monoisotopic (exact) mass is 387 g/mol. The van der Waals surface area contributed by atoms with Gasteiger partial charge in [0.1, 0.15) is 5.82 Å². The summed E-state index contributed by atoms with van der Waals surface area (Å²) < 4.78 is 5.50. The third-order valence-electron chi connectivity index (χ3n) is 5.57. The highest BCUT2D eigenvalue weighted by molar-refractivity contribution is 5.74. The number of fused-ring (bicyclic) bond motifs is 1. The minimum absolute atomic E-state index is 0.766. The molecule has 0 radical (unpaired) electrons. The van der Waals surface area contributed by atoms with E-state index in [9.17, 15) is 0 Å². The molecular weight excluding hydrogens is 362 g/mol. The van der Waals surface area contributed by atoms with E-state index in [1.807, 2.05) is 12.3 Å². The van der Waals surface area contributed by atoms with Gasteiger partial charge in [0.25, 0.3) is 0 Å². The van der Waals surface area contributed by atoms with Gasteiger partial charge in [-0.15, -0.1) is 0 Å². The lowest BCUT2D eigenvalue weighted by molar-refractivity contribution is 0.123. The molecule has 0 atom stereocenters. The van der Waals surface area contributed by atoms with Gasteiger partial charge < -0.3 is 19.9 Å². The molecule has 2 aromatic carbocycles. The molecule has 0 aliphatic carbocycles. The Hall–Kier alpha value is -3.12. The van der Waals surface area contributed by atoms with Gasteiger partial charge in [0.2, 0.25) is 5.95 Å². The Morgan fingerprint density at radius 3 is 2.52 bits per heavy atom. The maximum absolute atomic E-state index is 5.50. The lowest BCUT2D eigenvalue weighted by Crippen LogP contribution is -2.36. The number of hydrogen-bond donors (Lipinski definition) is 1. The summed E-state index contributed by atoms with van der Waals surface area (Å²) in [6.07, 6.45) is 2.86. The van der Waals surface area contributed by atoms with Crippen LogP contribution < -0.4 is 15.1 Å². The summed E-state index contributed by atoms with van der Waals surface area (Å²) in [5, 5.41) is 3.51. The van der Waals surface area contributed by atoms with Crippen molar-refractivity contribution in [3.8, 4) is 0 Å². The molecule has 2 aliphatic rings. The molecule has 6 heteroatoms. The smallest absolute Gasteiger partial charge is 0.227 e. The van der Waals surface area contributed by atoms with Crippen LogP contribution in [0.15, 0.2) is 60.8 Å². The minimum atomic E-state index is 0.766. The summed E-state index contributed by atoms with van der Waals surface area (Å²) in [5.74, 6) is 1.59. The molecule has 1 N–H and O–H groups in total. The molecule has 0 unspecified atom stereocenters. The third kappa shape index (κ3) is 3.89. The van der Waals surface area contributed by atoms with Gasteiger partial charge in [-0.2, -0.15) is 4.98 Å². The zero-order valence-corrected chi connectivity index (χ0v) is 16.4. The fraction of sp³-hybridized carbons (Fsp3) is 0.304. The van der Waals surface area contributed by atoms with Crippen LogP contribution in [0.2, 0.25) is 0 Å². The number of aromatic nitrogens is 2. The van der Waals surface area contributed by atoms with Gasteiger partial charge >= 0.3 is 0 Å². The summed E-state index contributed by atoms with van der Waals surface area (Å²) in [7, 11) is 0. The molecule has 0 amide bonds. The van der Waals surface area contributed by atoms with E-state index in [1.54, 1.807) is 0 Å². The molecule has 1 aromatic heterocycles.